The van der Waals surface area contributed by atoms with E-state index in [1.165, 1.54) is 19.2 Å². The second-order valence-electron chi connectivity index (χ2n) is 4.36. The summed E-state index contributed by atoms with van der Waals surface area (Å²) in [5.74, 6) is -0.945. The van der Waals surface area contributed by atoms with Crippen LogP contribution in [0.5, 0.6) is 5.75 Å². The minimum Gasteiger partial charge on any atom is -0.496 e. The summed E-state index contributed by atoms with van der Waals surface area (Å²) in [4.78, 5) is 22.8. The maximum Gasteiger partial charge on any atom is 0.339 e. The summed E-state index contributed by atoms with van der Waals surface area (Å²) in [7, 11) is 1.39. The van der Waals surface area contributed by atoms with E-state index in [0.29, 0.717) is 5.69 Å². The van der Waals surface area contributed by atoms with Crippen LogP contribution in [0, 0.1) is 0 Å². The summed E-state index contributed by atoms with van der Waals surface area (Å²) < 4.78 is 5.01. The van der Waals surface area contributed by atoms with Crippen LogP contribution in [0.2, 0.25) is 0 Å². The zero-order valence-electron chi connectivity index (χ0n) is 10.6. The number of nitrogens with one attached hydrogen (secondary N) is 2. The Bertz CT molecular complexity index is 495. The standard InChI is InChI=1S/C13H16N2O4/c1-19-11-7-8(4-5-9(11)13(17)18)15-12(16)10-3-2-6-14-10/h4-5,7,10,14H,2-3,6H2,1H3,(H,15,16)(H,17,18)/t10-/m1/s1. The Balaban J connectivity index is 2.12. The minimum absolute atomic E-state index is 0.0690. The van der Waals surface area contributed by atoms with Gasteiger partial charge < -0.3 is 20.5 Å². The molecule has 1 aromatic carbocycles. The van der Waals surface area contributed by atoms with E-state index >= 15 is 0 Å². The second kappa shape index (κ2) is 5.71. The van der Waals surface area contributed by atoms with Crippen LogP contribution in [-0.2, 0) is 4.79 Å². The molecule has 1 aromatic rings. The molecule has 0 aromatic heterocycles. The van der Waals surface area contributed by atoms with Crippen LogP contribution in [0.15, 0.2) is 18.2 Å². The van der Waals surface area contributed by atoms with Crippen LogP contribution in [0.3, 0.4) is 0 Å². The smallest absolute Gasteiger partial charge is 0.339 e. The highest BCUT2D eigenvalue weighted by Gasteiger charge is 2.22. The number of aromatic carboxylic acids is 1. The molecule has 0 radical (unpaired) electrons. The Labute approximate surface area is 110 Å². The molecule has 1 saturated heterocycles. The third-order valence-corrected chi connectivity index (χ3v) is 3.08. The highest BCUT2D eigenvalue weighted by Crippen LogP contribution is 2.23. The third-order valence-electron chi connectivity index (χ3n) is 3.08. The molecule has 0 unspecified atom stereocenters. The van der Waals surface area contributed by atoms with E-state index < -0.39 is 5.97 Å². The topological polar surface area (TPSA) is 87.7 Å². The first-order valence-electron chi connectivity index (χ1n) is 6.07. The van der Waals surface area contributed by atoms with E-state index in [0.717, 1.165) is 19.4 Å². The molecule has 19 heavy (non-hydrogen) atoms. The van der Waals surface area contributed by atoms with Gasteiger partial charge in [-0.15, -0.1) is 0 Å². The fourth-order valence-electron chi connectivity index (χ4n) is 2.08. The van der Waals surface area contributed by atoms with Crippen LogP contribution < -0.4 is 15.4 Å². The van der Waals surface area contributed by atoms with E-state index in [9.17, 15) is 9.59 Å². The molecular formula is C13H16N2O4. The van der Waals surface area contributed by atoms with Gasteiger partial charge >= 0.3 is 5.97 Å². The number of amides is 1. The highest BCUT2D eigenvalue weighted by molar-refractivity contribution is 5.97. The van der Waals surface area contributed by atoms with Crippen LogP contribution >= 0.6 is 0 Å². The molecule has 1 atom stereocenters. The lowest BCUT2D eigenvalue weighted by Gasteiger charge is -2.12. The number of ether oxygens (including phenoxy) is 1. The molecule has 1 aliphatic heterocycles. The first kappa shape index (κ1) is 13.4. The molecule has 2 rings (SSSR count). The summed E-state index contributed by atoms with van der Waals surface area (Å²) in [6.07, 6.45) is 1.80. The van der Waals surface area contributed by atoms with Crippen molar-refractivity contribution in [2.75, 3.05) is 19.0 Å². The van der Waals surface area contributed by atoms with Gasteiger partial charge in [0, 0.05) is 11.8 Å². The number of carboxylic acid groups (broad SMARTS) is 1. The largest absolute Gasteiger partial charge is 0.496 e. The van der Waals surface area contributed by atoms with Gasteiger partial charge in [-0.3, -0.25) is 4.79 Å². The summed E-state index contributed by atoms with van der Waals surface area (Å²) in [6.45, 7) is 0.847. The molecule has 1 aliphatic rings. The molecular weight excluding hydrogens is 248 g/mol. The number of hydrogen-bond donors (Lipinski definition) is 3. The first-order chi connectivity index (χ1) is 9.11. The van der Waals surface area contributed by atoms with Crippen LogP contribution in [-0.4, -0.2) is 36.7 Å². The molecule has 0 spiro atoms. The van der Waals surface area contributed by atoms with Gasteiger partial charge in [0.2, 0.25) is 5.91 Å². The lowest BCUT2D eigenvalue weighted by Crippen LogP contribution is -2.35. The normalized spacial score (nSPS) is 18.1. The number of methoxy groups -OCH3 is 1. The second-order valence-corrected chi connectivity index (χ2v) is 4.36. The van der Waals surface area contributed by atoms with Crippen molar-refractivity contribution in [3.05, 3.63) is 23.8 Å². The van der Waals surface area contributed by atoms with Crippen LogP contribution in [0.25, 0.3) is 0 Å². The van der Waals surface area contributed by atoms with Gasteiger partial charge in [-0.05, 0) is 31.5 Å². The fraction of sp³-hybridized carbons (Fsp3) is 0.385. The zero-order valence-corrected chi connectivity index (χ0v) is 10.6. The van der Waals surface area contributed by atoms with Crippen molar-refractivity contribution in [2.24, 2.45) is 0 Å². The van der Waals surface area contributed by atoms with Crippen molar-refractivity contribution in [1.82, 2.24) is 5.32 Å². The first-order valence-corrected chi connectivity index (χ1v) is 6.07. The summed E-state index contributed by atoms with van der Waals surface area (Å²) >= 11 is 0. The van der Waals surface area contributed by atoms with E-state index in [4.69, 9.17) is 9.84 Å². The molecule has 0 saturated carbocycles. The number of hydrogen-bond acceptors (Lipinski definition) is 4. The minimum atomic E-state index is -1.06. The number of benzene rings is 1. The van der Waals surface area contributed by atoms with Crippen molar-refractivity contribution >= 4 is 17.6 Å². The van der Waals surface area contributed by atoms with Crippen molar-refractivity contribution in [1.29, 1.82) is 0 Å². The Morgan fingerprint density at radius 2 is 2.26 bits per heavy atom. The van der Waals surface area contributed by atoms with Crippen LogP contribution in [0.4, 0.5) is 5.69 Å². The van der Waals surface area contributed by atoms with Gasteiger partial charge in [0.1, 0.15) is 11.3 Å². The van der Waals surface area contributed by atoms with E-state index in [1.807, 2.05) is 0 Å². The Morgan fingerprint density at radius 1 is 1.47 bits per heavy atom. The van der Waals surface area contributed by atoms with Gasteiger partial charge in [0.25, 0.3) is 0 Å². The molecule has 3 N–H and O–H groups in total. The van der Waals surface area contributed by atoms with Gasteiger partial charge in [0.15, 0.2) is 0 Å². The summed E-state index contributed by atoms with van der Waals surface area (Å²) in [5, 5.41) is 14.8. The quantitative estimate of drug-likeness (QED) is 0.757. The number of rotatable bonds is 4. The number of carbonyl (C=O) groups excluding carboxylic acids is 1. The predicted octanol–water partition coefficient (Wildman–Crippen LogP) is 1.08. The van der Waals surface area contributed by atoms with Crippen molar-refractivity contribution < 1.29 is 19.4 Å². The molecule has 0 aliphatic carbocycles. The molecule has 6 nitrogen and oxygen atoms in total. The number of carbonyl (C=O) groups is 2. The fourth-order valence-corrected chi connectivity index (χ4v) is 2.08. The van der Waals surface area contributed by atoms with Gasteiger partial charge in [-0.25, -0.2) is 4.79 Å². The molecule has 1 heterocycles. The van der Waals surface area contributed by atoms with E-state index in [1.54, 1.807) is 6.07 Å². The number of anilines is 1. The molecule has 1 amide bonds. The lowest BCUT2D eigenvalue weighted by molar-refractivity contribution is -0.117. The van der Waals surface area contributed by atoms with Crippen molar-refractivity contribution in [2.45, 2.75) is 18.9 Å². The van der Waals surface area contributed by atoms with Gasteiger partial charge in [-0.1, -0.05) is 0 Å². The maximum atomic E-state index is 11.9. The van der Waals surface area contributed by atoms with Gasteiger partial charge in [0.05, 0.1) is 13.2 Å². The monoisotopic (exact) mass is 264 g/mol. The van der Waals surface area contributed by atoms with Crippen LogP contribution in [0.1, 0.15) is 23.2 Å². The third kappa shape index (κ3) is 3.03. The molecule has 6 heteroatoms. The lowest BCUT2D eigenvalue weighted by atomic mass is 10.1. The number of carboxylic acids is 1. The Morgan fingerprint density at radius 3 is 2.84 bits per heavy atom. The maximum absolute atomic E-state index is 11.9. The van der Waals surface area contributed by atoms with Crippen molar-refractivity contribution in [3.63, 3.8) is 0 Å². The highest BCUT2D eigenvalue weighted by atomic mass is 16.5. The molecule has 102 valence electrons. The molecule has 1 fully saturated rings. The van der Waals surface area contributed by atoms with Gasteiger partial charge in [-0.2, -0.15) is 0 Å². The van der Waals surface area contributed by atoms with E-state index in [-0.39, 0.29) is 23.3 Å². The molecule has 0 bridgehead atoms. The summed E-state index contributed by atoms with van der Waals surface area (Å²) in [5.41, 5.74) is 0.597. The average molecular weight is 264 g/mol. The SMILES string of the molecule is COc1cc(NC(=O)[C@H]2CCCN2)ccc1C(=O)O. The van der Waals surface area contributed by atoms with Crippen molar-refractivity contribution in [3.8, 4) is 5.75 Å². The average Bonchev–Trinajstić information content (AvgIpc) is 2.92. The predicted molar refractivity (Wildman–Crippen MR) is 69.6 cm³/mol. The Hall–Kier alpha value is -2.08. The van der Waals surface area contributed by atoms with E-state index in [2.05, 4.69) is 10.6 Å². The Kier molecular flexibility index (Phi) is 4.01. The zero-order chi connectivity index (χ0) is 13.8. The summed E-state index contributed by atoms with van der Waals surface area (Å²) in [6, 6.07) is 4.30.